The van der Waals surface area contributed by atoms with Crippen LogP contribution < -0.4 is 5.32 Å². The summed E-state index contributed by atoms with van der Waals surface area (Å²) < 4.78 is 0. The smallest absolute Gasteiger partial charge is 0.230 e. The lowest BCUT2D eigenvalue weighted by Crippen LogP contribution is -2.44. The highest BCUT2D eigenvalue weighted by Gasteiger charge is 2.41. The van der Waals surface area contributed by atoms with Crippen molar-refractivity contribution in [3.8, 4) is 0 Å². The molecule has 1 unspecified atom stereocenters. The zero-order valence-electron chi connectivity index (χ0n) is 11.4. The van der Waals surface area contributed by atoms with E-state index in [0.717, 1.165) is 17.5 Å². The normalized spacial score (nSPS) is 25.6. The van der Waals surface area contributed by atoms with Crippen LogP contribution in [0.2, 0.25) is 0 Å². The van der Waals surface area contributed by atoms with Gasteiger partial charge < -0.3 is 0 Å². The number of carbonyl (C=O) groups excluding carboxylic acids is 3. The molecule has 20 heavy (non-hydrogen) atoms. The number of nitrogens with one attached hydrogen (secondary N) is 1. The summed E-state index contributed by atoms with van der Waals surface area (Å²) in [5.41, 5.74) is 3.00. The van der Waals surface area contributed by atoms with Crippen molar-refractivity contribution in [2.24, 2.45) is 11.8 Å². The lowest BCUT2D eigenvalue weighted by molar-refractivity contribution is -0.137. The van der Waals surface area contributed by atoms with E-state index >= 15 is 0 Å². The first-order chi connectivity index (χ1) is 9.60. The third-order valence-corrected chi connectivity index (χ3v) is 4.39. The number of hydrogen-bond donors (Lipinski definition) is 1. The fourth-order valence-corrected chi connectivity index (χ4v) is 3.22. The number of benzene rings is 1. The van der Waals surface area contributed by atoms with Gasteiger partial charge >= 0.3 is 0 Å². The molecule has 1 aromatic carbocycles. The quantitative estimate of drug-likeness (QED) is 0.832. The minimum atomic E-state index is -0.363. The second-order valence-electron chi connectivity index (χ2n) is 5.58. The summed E-state index contributed by atoms with van der Waals surface area (Å²) in [6, 6.07) is 5.92. The SMILES string of the molecule is CCc1ccc2c(c1)CC([C@@H]1CCC(=O)NC1=O)C2=O. The Morgan fingerprint density at radius 1 is 1.20 bits per heavy atom. The van der Waals surface area contributed by atoms with Gasteiger partial charge in [0.2, 0.25) is 11.8 Å². The molecule has 1 aliphatic carbocycles. The first kappa shape index (κ1) is 13.0. The zero-order chi connectivity index (χ0) is 14.3. The predicted molar refractivity (Wildman–Crippen MR) is 73.2 cm³/mol. The molecule has 2 aliphatic rings. The third-order valence-electron chi connectivity index (χ3n) is 4.39. The van der Waals surface area contributed by atoms with Crippen LogP contribution in [0.5, 0.6) is 0 Å². The molecule has 3 rings (SSSR count). The summed E-state index contributed by atoms with van der Waals surface area (Å²) in [5, 5.41) is 2.35. The standard InChI is InChI=1S/C16H17NO3/c1-2-9-3-4-11-10(7-9)8-13(15(11)19)12-5-6-14(18)17-16(12)20/h3-4,7,12-13H,2,5-6,8H2,1H3,(H,17,18,20)/t12-,13?/m0/s1. The van der Waals surface area contributed by atoms with E-state index in [-0.39, 0.29) is 29.4 Å². The van der Waals surface area contributed by atoms with Crippen molar-refractivity contribution in [2.45, 2.75) is 32.6 Å². The van der Waals surface area contributed by atoms with Gasteiger partial charge in [-0.15, -0.1) is 0 Å². The van der Waals surface area contributed by atoms with Crippen molar-refractivity contribution in [2.75, 3.05) is 0 Å². The van der Waals surface area contributed by atoms with Crippen molar-refractivity contribution in [3.63, 3.8) is 0 Å². The highest BCUT2D eigenvalue weighted by Crippen LogP contribution is 2.35. The maximum Gasteiger partial charge on any atom is 0.230 e. The van der Waals surface area contributed by atoms with Gasteiger partial charge in [0.05, 0.1) is 0 Å². The molecule has 1 N–H and O–H groups in total. The molecular weight excluding hydrogens is 254 g/mol. The Hall–Kier alpha value is -1.97. The number of carbonyl (C=O) groups is 3. The first-order valence-corrected chi connectivity index (χ1v) is 7.10. The molecule has 4 heteroatoms. The number of piperidine rings is 1. The van der Waals surface area contributed by atoms with Crippen molar-refractivity contribution in [3.05, 3.63) is 34.9 Å². The van der Waals surface area contributed by atoms with E-state index in [9.17, 15) is 14.4 Å². The highest BCUT2D eigenvalue weighted by molar-refractivity contribution is 6.07. The maximum atomic E-state index is 12.5. The number of Topliss-reactive ketones (excluding diaryl/α,β-unsaturated/α-hetero) is 1. The fourth-order valence-electron chi connectivity index (χ4n) is 3.22. The molecular formula is C16H17NO3. The Labute approximate surface area is 117 Å². The number of imide groups is 1. The van der Waals surface area contributed by atoms with E-state index in [4.69, 9.17) is 0 Å². The topological polar surface area (TPSA) is 63.2 Å². The number of aryl methyl sites for hydroxylation is 1. The molecule has 1 heterocycles. The van der Waals surface area contributed by atoms with Crippen LogP contribution in [0.1, 0.15) is 41.3 Å². The first-order valence-electron chi connectivity index (χ1n) is 7.10. The Morgan fingerprint density at radius 3 is 2.70 bits per heavy atom. The summed E-state index contributed by atoms with van der Waals surface area (Å²) in [7, 11) is 0. The van der Waals surface area contributed by atoms with Gasteiger partial charge in [0.1, 0.15) is 0 Å². The molecule has 1 aromatic rings. The second-order valence-corrected chi connectivity index (χ2v) is 5.58. The van der Waals surface area contributed by atoms with Crippen LogP contribution in [0.25, 0.3) is 0 Å². The summed E-state index contributed by atoms with van der Waals surface area (Å²) in [5.74, 6) is -1.13. The Bertz CT molecular complexity index is 606. The third kappa shape index (κ3) is 2.05. The Kier molecular flexibility index (Phi) is 3.16. The van der Waals surface area contributed by atoms with Gasteiger partial charge in [0.25, 0.3) is 0 Å². The largest absolute Gasteiger partial charge is 0.296 e. The second kappa shape index (κ2) is 4.85. The van der Waals surface area contributed by atoms with Gasteiger partial charge in [0.15, 0.2) is 5.78 Å². The minimum Gasteiger partial charge on any atom is -0.296 e. The summed E-state index contributed by atoms with van der Waals surface area (Å²) in [4.78, 5) is 35.6. The predicted octanol–water partition coefficient (Wildman–Crippen LogP) is 1.66. The summed E-state index contributed by atoms with van der Waals surface area (Å²) in [6.07, 6.45) is 2.37. The molecule has 1 aliphatic heterocycles. The van der Waals surface area contributed by atoms with E-state index in [1.807, 2.05) is 12.1 Å². The minimum absolute atomic E-state index is 0.0529. The van der Waals surface area contributed by atoms with Crippen LogP contribution in [0, 0.1) is 11.8 Å². The summed E-state index contributed by atoms with van der Waals surface area (Å²) >= 11 is 0. The molecule has 2 atom stereocenters. The molecule has 1 fully saturated rings. The van der Waals surface area contributed by atoms with Crippen molar-refractivity contribution < 1.29 is 14.4 Å². The van der Waals surface area contributed by atoms with Gasteiger partial charge in [-0.25, -0.2) is 0 Å². The molecule has 0 bridgehead atoms. The van der Waals surface area contributed by atoms with E-state index in [0.29, 0.717) is 19.3 Å². The number of rotatable bonds is 2. The summed E-state index contributed by atoms with van der Waals surface area (Å²) in [6.45, 7) is 2.08. The monoisotopic (exact) mass is 271 g/mol. The van der Waals surface area contributed by atoms with E-state index < -0.39 is 0 Å². The van der Waals surface area contributed by atoms with E-state index in [2.05, 4.69) is 18.3 Å². The van der Waals surface area contributed by atoms with Crippen molar-refractivity contribution >= 4 is 17.6 Å². The van der Waals surface area contributed by atoms with Crippen molar-refractivity contribution in [1.29, 1.82) is 0 Å². The molecule has 104 valence electrons. The average Bonchev–Trinajstić information content (AvgIpc) is 2.75. The number of ketones is 1. The molecule has 0 spiro atoms. The lowest BCUT2D eigenvalue weighted by atomic mass is 9.83. The Balaban J connectivity index is 1.86. The van der Waals surface area contributed by atoms with Crippen LogP contribution >= 0.6 is 0 Å². The highest BCUT2D eigenvalue weighted by atomic mass is 16.2. The molecule has 2 amide bonds. The van der Waals surface area contributed by atoms with Gasteiger partial charge in [-0.05, 0) is 30.4 Å². The maximum absolute atomic E-state index is 12.5. The number of hydrogen-bond acceptors (Lipinski definition) is 3. The van der Waals surface area contributed by atoms with Crippen LogP contribution in [0.3, 0.4) is 0 Å². The molecule has 0 radical (unpaired) electrons. The van der Waals surface area contributed by atoms with Crippen LogP contribution in [-0.4, -0.2) is 17.6 Å². The molecule has 1 saturated heterocycles. The van der Waals surface area contributed by atoms with E-state index in [1.54, 1.807) is 0 Å². The number of fused-ring (bicyclic) bond motifs is 1. The molecule has 0 saturated carbocycles. The number of amides is 2. The van der Waals surface area contributed by atoms with Crippen molar-refractivity contribution in [1.82, 2.24) is 5.32 Å². The van der Waals surface area contributed by atoms with Crippen LogP contribution in [0.4, 0.5) is 0 Å². The lowest BCUT2D eigenvalue weighted by Gasteiger charge is -2.24. The Morgan fingerprint density at radius 2 is 2.00 bits per heavy atom. The zero-order valence-corrected chi connectivity index (χ0v) is 11.4. The van der Waals surface area contributed by atoms with Gasteiger partial charge in [0, 0.05) is 23.8 Å². The van der Waals surface area contributed by atoms with Crippen LogP contribution in [0.15, 0.2) is 18.2 Å². The average molecular weight is 271 g/mol. The fraction of sp³-hybridized carbons (Fsp3) is 0.438. The van der Waals surface area contributed by atoms with Gasteiger partial charge in [-0.1, -0.05) is 25.1 Å². The van der Waals surface area contributed by atoms with E-state index in [1.165, 1.54) is 5.56 Å². The van der Waals surface area contributed by atoms with Gasteiger partial charge in [-0.3, -0.25) is 19.7 Å². The molecule has 0 aromatic heterocycles. The molecule has 4 nitrogen and oxygen atoms in total. The van der Waals surface area contributed by atoms with Crippen LogP contribution in [-0.2, 0) is 22.4 Å². The van der Waals surface area contributed by atoms with Gasteiger partial charge in [-0.2, -0.15) is 0 Å².